The first-order valence-electron chi connectivity index (χ1n) is 9.57. The SMILES string of the molecule is CCn1cc([N+](=O)[O-])c(C(=O)N2NC(c3ccc(Cl)c(Cl)c3)=CC2c2ccccc2O)n1. The minimum absolute atomic E-state index is 0.0303. The monoisotopic (exact) mass is 473 g/mol. The summed E-state index contributed by atoms with van der Waals surface area (Å²) in [6, 6.07) is 10.7. The number of phenols is 1. The van der Waals surface area contributed by atoms with Crippen molar-refractivity contribution in [1.82, 2.24) is 20.2 Å². The summed E-state index contributed by atoms with van der Waals surface area (Å²) in [7, 11) is 0. The number of aromatic nitrogens is 2. The van der Waals surface area contributed by atoms with Gasteiger partial charge >= 0.3 is 11.6 Å². The highest BCUT2D eigenvalue weighted by molar-refractivity contribution is 6.42. The molecule has 1 unspecified atom stereocenters. The predicted octanol–water partition coefficient (Wildman–Crippen LogP) is 4.57. The first kappa shape index (κ1) is 21.7. The van der Waals surface area contributed by atoms with Gasteiger partial charge in [0, 0.05) is 17.7 Å². The van der Waals surface area contributed by atoms with E-state index in [1.165, 1.54) is 22.0 Å². The molecule has 1 aromatic heterocycles. The largest absolute Gasteiger partial charge is 0.508 e. The zero-order valence-electron chi connectivity index (χ0n) is 16.7. The van der Waals surface area contributed by atoms with E-state index in [0.717, 1.165) is 0 Å². The number of nitrogens with one attached hydrogen (secondary N) is 1. The van der Waals surface area contributed by atoms with E-state index in [9.17, 15) is 20.0 Å². The molecule has 2 N–H and O–H groups in total. The molecule has 32 heavy (non-hydrogen) atoms. The molecule has 1 aliphatic rings. The fourth-order valence-corrected chi connectivity index (χ4v) is 3.71. The maximum absolute atomic E-state index is 13.4. The van der Waals surface area contributed by atoms with E-state index in [-0.39, 0.29) is 11.4 Å². The minimum Gasteiger partial charge on any atom is -0.508 e. The quantitative estimate of drug-likeness (QED) is 0.414. The molecule has 164 valence electrons. The summed E-state index contributed by atoms with van der Waals surface area (Å²) in [5.41, 5.74) is 3.86. The number of nitrogens with zero attached hydrogens (tertiary/aromatic N) is 4. The number of carbonyl (C=O) groups is 1. The molecule has 0 aliphatic carbocycles. The van der Waals surface area contributed by atoms with E-state index >= 15 is 0 Å². The van der Waals surface area contributed by atoms with E-state index in [4.69, 9.17) is 23.2 Å². The van der Waals surface area contributed by atoms with Crippen LogP contribution in [0.15, 0.2) is 54.7 Å². The van der Waals surface area contributed by atoms with Gasteiger partial charge in [-0.15, -0.1) is 0 Å². The smallest absolute Gasteiger partial charge is 0.320 e. The molecule has 0 spiro atoms. The Balaban J connectivity index is 1.79. The predicted molar refractivity (Wildman–Crippen MR) is 119 cm³/mol. The average molecular weight is 474 g/mol. The number of amides is 1. The second-order valence-electron chi connectivity index (χ2n) is 6.98. The standard InChI is InChI=1S/C21H17Cl2N5O4/c1-2-26-11-18(28(31)32)20(25-26)21(30)27-17(13-5-3-4-6-19(13)29)10-16(24-27)12-7-8-14(22)15(23)9-12/h3-11,17,24,29H,2H2,1H3. The maximum atomic E-state index is 13.4. The lowest BCUT2D eigenvalue weighted by Gasteiger charge is -2.25. The van der Waals surface area contributed by atoms with Gasteiger partial charge in [0.25, 0.3) is 0 Å². The maximum Gasteiger partial charge on any atom is 0.320 e. The van der Waals surface area contributed by atoms with Crippen LogP contribution in [0.1, 0.15) is 34.6 Å². The second-order valence-corrected chi connectivity index (χ2v) is 7.79. The van der Waals surface area contributed by atoms with E-state index in [2.05, 4.69) is 10.5 Å². The molecule has 0 saturated carbocycles. The third kappa shape index (κ3) is 3.88. The number of rotatable bonds is 5. The molecule has 11 heteroatoms. The summed E-state index contributed by atoms with van der Waals surface area (Å²) in [4.78, 5) is 24.3. The molecule has 2 aromatic carbocycles. The van der Waals surface area contributed by atoms with Crippen molar-refractivity contribution in [2.45, 2.75) is 19.5 Å². The number of nitro groups is 1. The lowest BCUT2D eigenvalue weighted by molar-refractivity contribution is -0.385. The first-order valence-corrected chi connectivity index (χ1v) is 10.3. The number of phenolic OH excluding ortho intramolecular Hbond substituents is 1. The van der Waals surface area contributed by atoms with Crippen LogP contribution in [-0.2, 0) is 6.54 Å². The van der Waals surface area contributed by atoms with E-state index in [1.54, 1.807) is 49.4 Å². The van der Waals surface area contributed by atoms with Crippen LogP contribution < -0.4 is 5.43 Å². The summed E-state index contributed by atoms with van der Waals surface area (Å²) < 4.78 is 1.32. The van der Waals surface area contributed by atoms with Crippen molar-refractivity contribution in [3.05, 3.63) is 91.7 Å². The number of hydrogen-bond donors (Lipinski definition) is 2. The average Bonchev–Trinajstić information content (AvgIpc) is 3.40. The number of aryl methyl sites for hydroxylation is 1. The highest BCUT2D eigenvalue weighted by Gasteiger charge is 2.37. The van der Waals surface area contributed by atoms with Crippen LogP contribution in [0.4, 0.5) is 5.69 Å². The van der Waals surface area contributed by atoms with E-state index < -0.39 is 22.6 Å². The summed E-state index contributed by atoms with van der Waals surface area (Å²) >= 11 is 12.2. The van der Waals surface area contributed by atoms with Crippen molar-refractivity contribution in [2.75, 3.05) is 0 Å². The van der Waals surface area contributed by atoms with Gasteiger partial charge in [0.15, 0.2) is 0 Å². The zero-order chi connectivity index (χ0) is 23.0. The molecule has 0 radical (unpaired) electrons. The first-order chi connectivity index (χ1) is 15.3. The Labute approximate surface area is 192 Å². The van der Waals surface area contributed by atoms with Gasteiger partial charge in [-0.25, -0.2) is 5.01 Å². The van der Waals surface area contributed by atoms with Gasteiger partial charge in [0.05, 0.1) is 20.7 Å². The molecule has 9 nitrogen and oxygen atoms in total. The third-order valence-electron chi connectivity index (χ3n) is 5.01. The Bertz CT molecular complexity index is 1260. The Morgan fingerprint density at radius 2 is 2.00 bits per heavy atom. The molecule has 2 heterocycles. The fraction of sp³-hybridized carbons (Fsp3) is 0.143. The number of aromatic hydroxyl groups is 1. The topological polar surface area (TPSA) is 114 Å². The van der Waals surface area contributed by atoms with E-state index in [0.29, 0.717) is 33.4 Å². The van der Waals surface area contributed by atoms with Crippen molar-refractivity contribution in [3.63, 3.8) is 0 Å². The van der Waals surface area contributed by atoms with Gasteiger partial charge < -0.3 is 5.11 Å². The Kier molecular flexibility index (Phi) is 5.77. The van der Waals surface area contributed by atoms with Crippen LogP contribution in [0.25, 0.3) is 5.70 Å². The number of halogens is 2. The van der Waals surface area contributed by atoms with E-state index in [1.807, 2.05) is 0 Å². The number of para-hydroxylation sites is 1. The lowest BCUT2D eigenvalue weighted by Crippen LogP contribution is -2.40. The third-order valence-corrected chi connectivity index (χ3v) is 5.75. The molecule has 4 rings (SSSR count). The second kappa shape index (κ2) is 8.52. The summed E-state index contributed by atoms with van der Waals surface area (Å²) in [6.07, 6.45) is 2.93. The number of benzene rings is 2. The van der Waals surface area contributed by atoms with Crippen LogP contribution in [0.3, 0.4) is 0 Å². The normalized spacial score (nSPS) is 15.4. The zero-order valence-corrected chi connectivity index (χ0v) is 18.2. The molecule has 0 bridgehead atoms. The number of hydrogen-bond acceptors (Lipinski definition) is 6. The molecule has 1 aliphatic heterocycles. The molecular weight excluding hydrogens is 457 g/mol. The molecule has 1 atom stereocenters. The van der Waals surface area contributed by atoms with Gasteiger partial charge in [-0.3, -0.25) is 25.0 Å². The minimum atomic E-state index is -0.764. The summed E-state index contributed by atoms with van der Waals surface area (Å²) in [6.45, 7) is 2.12. The van der Waals surface area contributed by atoms with Crippen LogP contribution in [0, 0.1) is 10.1 Å². The van der Waals surface area contributed by atoms with Crippen molar-refractivity contribution in [3.8, 4) is 5.75 Å². The van der Waals surface area contributed by atoms with Crippen molar-refractivity contribution >= 4 is 40.5 Å². The summed E-state index contributed by atoms with van der Waals surface area (Å²) in [5.74, 6) is -0.749. The lowest BCUT2D eigenvalue weighted by atomic mass is 10.0. The Morgan fingerprint density at radius 1 is 1.25 bits per heavy atom. The van der Waals surface area contributed by atoms with Gasteiger partial charge in [-0.1, -0.05) is 47.5 Å². The van der Waals surface area contributed by atoms with Crippen LogP contribution in [0.2, 0.25) is 10.0 Å². The van der Waals surface area contributed by atoms with Gasteiger partial charge in [0.1, 0.15) is 18.0 Å². The van der Waals surface area contributed by atoms with Crippen molar-refractivity contribution in [2.24, 2.45) is 0 Å². The molecule has 0 fully saturated rings. The van der Waals surface area contributed by atoms with Crippen LogP contribution in [-0.4, -0.2) is 30.7 Å². The van der Waals surface area contributed by atoms with Crippen LogP contribution in [0.5, 0.6) is 5.75 Å². The van der Waals surface area contributed by atoms with Gasteiger partial charge in [-0.2, -0.15) is 5.10 Å². The molecule has 0 saturated heterocycles. The highest BCUT2D eigenvalue weighted by atomic mass is 35.5. The highest BCUT2D eigenvalue weighted by Crippen LogP contribution is 2.37. The number of carbonyl (C=O) groups excluding carboxylic acids is 1. The molecule has 1 amide bonds. The van der Waals surface area contributed by atoms with Crippen LogP contribution >= 0.6 is 23.2 Å². The Morgan fingerprint density at radius 3 is 2.66 bits per heavy atom. The van der Waals surface area contributed by atoms with Crippen molar-refractivity contribution < 1.29 is 14.8 Å². The van der Waals surface area contributed by atoms with Gasteiger partial charge in [-0.05, 0) is 31.2 Å². The van der Waals surface area contributed by atoms with Gasteiger partial charge in [0.2, 0.25) is 5.69 Å². The number of hydrazine groups is 1. The molecular formula is C21H17Cl2N5O4. The van der Waals surface area contributed by atoms with Crippen molar-refractivity contribution in [1.29, 1.82) is 0 Å². The Hall–Kier alpha value is -3.56. The molecule has 3 aromatic rings. The fourth-order valence-electron chi connectivity index (χ4n) is 3.41. The summed E-state index contributed by atoms with van der Waals surface area (Å²) in [5, 5.41) is 27.9.